The average Bonchev–Trinajstić information content (AvgIpc) is 2.34. The Kier molecular flexibility index (Phi) is 3.48. The lowest BCUT2D eigenvalue weighted by Gasteiger charge is -2.03. The molecule has 1 aliphatic carbocycles. The van der Waals surface area contributed by atoms with Crippen molar-refractivity contribution in [1.82, 2.24) is 0 Å². The Morgan fingerprint density at radius 3 is 2.22 bits per heavy atom. The van der Waals surface area contributed by atoms with Gasteiger partial charge in [0.05, 0.1) is 11.4 Å². The number of anilines is 1. The molecule has 0 fully saturated rings. The van der Waals surface area contributed by atoms with Crippen molar-refractivity contribution in [3.05, 3.63) is 48.6 Å². The fraction of sp³-hybridized carbons (Fsp3) is 0.0714. The lowest BCUT2D eigenvalue weighted by atomic mass is 10.1. The second kappa shape index (κ2) is 5.23. The maximum absolute atomic E-state index is 10.9. The monoisotopic (exact) mass is 240 g/mol. The maximum atomic E-state index is 10.9. The van der Waals surface area contributed by atoms with E-state index in [1.54, 1.807) is 36.4 Å². The number of amides is 1. The molecule has 0 aliphatic heterocycles. The third kappa shape index (κ3) is 3.25. The Morgan fingerprint density at radius 2 is 1.67 bits per heavy atom. The van der Waals surface area contributed by atoms with E-state index in [1.165, 1.54) is 19.1 Å². The molecule has 0 aromatic heterocycles. The summed E-state index contributed by atoms with van der Waals surface area (Å²) in [5.41, 5.74) is 2.22. The quantitative estimate of drug-likeness (QED) is 0.807. The lowest BCUT2D eigenvalue weighted by molar-refractivity contribution is -0.114. The van der Waals surface area contributed by atoms with Crippen molar-refractivity contribution in [1.29, 1.82) is 0 Å². The zero-order valence-electron chi connectivity index (χ0n) is 9.88. The number of rotatable bonds is 2. The summed E-state index contributed by atoms with van der Waals surface area (Å²) in [7, 11) is 0. The smallest absolute Gasteiger partial charge is 0.221 e. The normalized spacial score (nSPS) is 13.6. The average molecular weight is 240 g/mol. The van der Waals surface area contributed by atoms with Crippen LogP contribution in [0.1, 0.15) is 6.92 Å². The molecule has 0 saturated carbocycles. The van der Waals surface area contributed by atoms with Gasteiger partial charge in [0.2, 0.25) is 5.91 Å². The van der Waals surface area contributed by atoms with E-state index in [0.717, 1.165) is 17.1 Å². The molecule has 1 aliphatic rings. The van der Waals surface area contributed by atoms with E-state index in [2.05, 4.69) is 10.3 Å². The van der Waals surface area contributed by atoms with E-state index < -0.39 is 0 Å². The van der Waals surface area contributed by atoms with Gasteiger partial charge in [-0.1, -0.05) is 0 Å². The Labute approximate surface area is 105 Å². The van der Waals surface area contributed by atoms with Crippen LogP contribution in [0.5, 0.6) is 0 Å². The number of hydrogen-bond acceptors (Lipinski definition) is 3. The molecule has 0 bridgehead atoms. The summed E-state index contributed by atoms with van der Waals surface area (Å²) < 4.78 is 0. The van der Waals surface area contributed by atoms with Gasteiger partial charge in [-0.3, -0.25) is 9.59 Å². The van der Waals surface area contributed by atoms with E-state index in [4.69, 9.17) is 0 Å². The van der Waals surface area contributed by atoms with Crippen molar-refractivity contribution in [2.45, 2.75) is 6.92 Å². The summed E-state index contributed by atoms with van der Waals surface area (Å²) in [6.07, 6.45) is 6.29. The highest BCUT2D eigenvalue weighted by molar-refractivity contribution is 6.17. The van der Waals surface area contributed by atoms with E-state index >= 15 is 0 Å². The van der Waals surface area contributed by atoms with Crippen molar-refractivity contribution in [2.24, 2.45) is 4.99 Å². The standard InChI is InChI=1S/C14H12N2O2/c1-10(17)15-11-2-4-12(5-3-11)16-13-6-8-14(18)9-7-13/h2-9H,1H3,(H,15,17). The number of nitrogens with zero attached hydrogens (tertiary/aromatic N) is 1. The third-order valence-electron chi connectivity index (χ3n) is 2.28. The third-order valence-corrected chi connectivity index (χ3v) is 2.28. The highest BCUT2D eigenvalue weighted by atomic mass is 16.1. The molecular formula is C14H12N2O2. The number of carbonyl (C=O) groups excluding carboxylic acids is 2. The van der Waals surface area contributed by atoms with Crippen LogP contribution >= 0.6 is 0 Å². The van der Waals surface area contributed by atoms with Crippen LogP contribution in [0.25, 0.3) is 0 Å². The fourth-order valence-electron chi connectivity index (χ4n) is 1.49. The zero-order chi connectivity index (χ0) is 13.0. The molecule has 4 heteroatoms. The van der Waals surface area contributed by atoms with Crippen molar-refractivity contribution >= 4 is 28.8 Å². The summed E-state index contributed by atoms with van der Waals surface area (Å²) in [5, 5.41) is 2.68. The molecule has 1 amide bonds. The number of ketones is 1. The van der Waals surface area contributed by atoms with Crippen LogP contribution in [0.2, 0.25) is 0 Å². The molecule has 90 valence electrons. The predicted molar refractivity (Wildman–Crippen MR) is 71.1 cm³/mol. The molecule has 4 nitrogen and oxygen atoms in total. The largest absolute Gasteiger partial charge is 0.326 e. The molecule has 0 unspecified atom stereocenters. The number of benzene rings is 1. The second-order valence-corrected chi connectivity index (χ2v) is 3.83. The minimum Gasteiger partial charge on any atom is -0.326 e. The van der Waals surface area contributed by atoms with Crippen molar-refractivity contribution in [3.8, 4) is 0 Å². The number of allylic oxidation sites excluding steroid dienone is 4. The van der Waals surface area contributed by atoms with E-state index in [-0.39, 0.29) is 11.7 Å². The van der Waals surface area contributed by atoms with Crippen LogP contribution in [0.4, 0.5) is 11.4 Å². The highest BCUT2D eigenvalue weighted by Crippen LogP contribution is 2.17. The van der Waals surface area contributed by atoms with Gasteiger partial charge in [0.15, 0.2) is 5.78 Å². The van der Waals surface area contributed by atoms with E-state index in [0.29, 0.717) is 0 Å². The number of carbonyl (C=O) groups is 2. The van der Waals surface area contributed by atoms with Crippen LogP contribution in [0, 0.1) is 0 Å². The number of aliphatic imine (C=N–C) groups is 1. The van der Waals surface area contributed by atoms with Crippen LogP contribution < -0.4 is 5.32 Å². The first-order valence-electron chi connectivity index (χ1n) is 5.50. The first-order chi connectivity index (χ1) is 8.63. The van der Waals surface area contributed by atoms with Crippen molar-refractivity contribution in [2.75, 3.05) is 5.32 Å². The predicted octanol–water partition coefficient (Wildman–Crippen LogP) is 2.41. The fourth-order valence-corrected chi connectivity index (χ4v) is 1.49. The molecule has 1 aromatic carbocycles. The van der Waals surface area contributed by atoms with E-state index in [1.807, 2.05) is 0 Å². The van der Waals surface area contributed by atoms with E-state index in [9.17, 15) is 9.59 Å². The number of hydrogen-bond donors (Lipinski definition) is 1. The van der Waals surface area contributed by atoms with Gasteiger partial charge in [-0.25, -0.2) is 4.99 Å². The van der Waals surface area contributed by atoms with Gasteiger partial charge >= 0.3 is 0 Å². The molecule has 0 heterocycles. The van der Waals surface area contributed by atoms with Gasteiger partial charge in [0.25, 0.3) is 0 Å². The SMILES string of the molecule is CC(=O)Nc1ccc(N=C2C=CC(=O)C=C2)cc1. The molecule has 1 N–H and O–H groups in total. The summed E-state index contributed by atoms with van der Waals surface area (Å²) >= 11 is 0. The summed E-state index contributed by atoms with van der Waals surface area (Å²) in [6.45, 7) is 1.46. The van der Waals surface area contributed by atoms with Crippen LogP contribution in [-0.2, 0) is 9.59 Å². The molecule has 0 spiro atoms. The second-order valence-electron chi connectivity index (χ2n) is 3.83. The van der Waals surface area contributed by atoms with Crippen LogP contribution in [0.3, 0.4) is 0 Å². The molecule has 0 saturated heterocycles. The first kappa shape index (κ1) is 12.0. The Hall–Kier alpha value is -2.49. The molecule has 2 rings (SSSR count). The van der Waals surface area contributed by atoms with Gasteiger partial charge in [0, 0.05) is 12.6 Å². The summed E-state index contributed by atoms with van der Waals surface area (Å²) in [5.74, 6) is -0.138. The van der Waals surface area contributed by atoms with Crippen molar-refractivity contribution in [3.63, 3.8) is 0 Å². The molecule has 0 radical (unpaired) electrons. The van der Waals surface area contributed by atoms with Gasteiger partial charge in [0.1, 0.15) is 0 Å². The number of nitrogens with one attached hydrogen (secondary N) is 1. The Balaban J connectivity index is 2.13. The van der Waals surface area contributed by atoms with Crippen molar-refractivity contribution < 1.29 is 9.59 Å². The Bertz CT molecular complexity index is 548. The van der Waals surface area contributed by atoms with Gasteiger partial charge in [-0.05, 0) is 48.6 Å². The van der Waals surface area contributed by atoms with Gasteiger partial charge in [-0.15, -0.1) is 0 Å². The Morgan fingerprint density at radius 1 is 1.06 bits per heavy atom. The summed E-state index contributed by atoms with van der Waals surface area (Å²) in [6, 6.07) is 7.16. The molecule has 1 aromatic rings. The van der Waals surface area contributed by atoms with Gasteiger partial charge < -0.3 is 5.32 Å². The zero-order valence-corrected chi connectivity index (χ0v) is 9.88. The molecular weight excluding hydrogens is 228 g/mol. The van der Waals surface area contributed by atoms with Crippen LogP contribution in [-0.4, -0.2) is 17.4 Å². The minimum absolute atomic E-state index is 0.0324. The highest BCUT2D eigenvalue weighted by Gasteiger charge is 2.00. The topological polar surface area (TPSA) is 58.5 Å². The molecule has 0 atom stereocenters. The first-order valence-corrected chi connectivity index (χ1v) is 5.50. The molecule has 18 heavy (non-hydrogen) atoms. The maximum Gasteiger partial charge on any atom is 0.221 e. The minimum atomic E-state index is -0.106. The lowest BCUT2D eigenvalue weighted by Crippen LogP contribution is -2.05. The van der Waals surface area contributed by atoms with Crippen LogP contribution in [0.15, 0.2) is 53.6 Å². The van der Waals surface area contributed by atoms with Gasteiger partial charge in [-0.2, -0.15) is 0 Å². The summed E-state index contributed by atoms with van der Waals surface area (Å²) in [4.78, 5) is 26.1.